The normalized spacial score (nSPS) is 18.4. The molecule has 0 aliphatic carbocycles. The highest BCUT2D eigenvalue weighted by molar-refractivity contribution is 6.21. The standard InChI is InChI=1S/C26H32N2O3/c1-20(27-15-7-3-2-4-8-16-27)21-11-9-12-22(19-21)31-18-10-17-28-25(29)23-13-5-6-14-24(23)26(28)30/h5-6,9,11-14,19-20H,2-4,7-8,10,15-18H2,1H3. The molecule has 31 heavy (non-hydrogen) atoms. The number of fused-ring (bicyclic) bond motifs is 1. The summed E-state index contributed by atoms with van der Waals surface area (Å²) in [7, 11) is 0. The Labute approximate surface area is 185 Å². The van der Waals surface area contributed by atoms with Crippen LogP contribution in [0.3, 0.4) is 0 Å². The molecule has 2 aromatic carbocycles. The third-order valence-corrected chi connectivity index (χ3v) is 6.45. The van der Waals surface area contributed by atoms with Gasteiger partial charge in [0.1, 0.15) is 5.75 Å². The van der Waals surface area contributed by atoms with Crippen molar-refractivity contribution in [3.63, 3.8) is 0 Å². The number of imide groups is 1. The number of rotatable bonds is 7. The number of carbonyl (C=O) groups excluding carboxylic acids is 2. The van der Waals surface area contributed by atoms with Gasteiger partial charge in [0, 0.05) is 12.6 Å². The van der Waals surface area contributed by atoms with Gasteiger partial charge in [-0.2, -0.15) is 0 Å². The second-order valence-corrected chi connectivity index (χ2v) is 8.56. The summed E-state index contributed by atoms with van der Waals surface area (Å²) in [4.78, 5) is 28.8. The monoisotopic (exact) mass is 420 g/mol. The zero-order valence-electron chi connectivity index (χ0n) is 18.4. The molecule has 0 radical (unpaired) electrons. The van der Waals surface area contributed by atoms with Crippen molar-refractivity contribution in [3.05, 3.63) is 65.2 Å². The third-order valence-electron chi connectivity index (χ3n) is 6.45. The molecule has 0 spiro atoms. The fourth-order valence-corrected chi connectivity index (χ4v) is 4.59. The summed E-state index contributed by atoms with van der Waals surface area (Å²) in [6.45, 7) is 5.44. The fraction of sp³-hybridized carbons (Fsp3) is 0.462. The zero-order chi connectivity index (χ0) is 21.6. The number of nitrogens with zero attached hydrogens (tertiary/aromatic N) is 2. The Bertz CT molecular complexity index is 883. The van der Waals surface area contributed by atoms with E-state index in [9.17, 15) is 9.59 Å². The number of hydrogen-bond donors (Lipinski definition) is 0. The van der Waals surface area contributed by atoms with E-state index in [0.29, 0.717) is 36.7 Å². The average Bonchev–Trinajstić information content (AvgIpc) is 3.01. The van der Waals surface area contributed by atoms with Crippen molar-refractivity contribution in [1.82, 2.24) is 9.80 Å². The van der Waals surface area contributed by atoms with Crippen LogP contribution in [0, 0.1) is 0 Å². The molecule has 1 atom stereocenters. The van der Waals surface area contributed by atoms with Crippen LogP contribution in [0.1, 0.15) is 77.8 Å². The summed E-state index contributed by atoms with van der Waals surface area (Å²) in [5.74, 6) is 0.438. The molecule has 0 bridgehead atoms. The lowest BCUT2D eigenvalue weighted by atomic mass is 10.0. The smallest absolute Gasteiger partial charge is 0.261 e. The molecule has 2 aromatic rings. The maximum Gasteiger partial charge on any atom is 0.261 e. The van der Waals surface area contributed by atoms with Crippen molar-refractivity contribution < 1.29 is 14.3 Å². The minimum Gasteiger partial charge on any atom is -0.494 e. The number of benzene rings is 2. The van der Waals surface area contributed by atoms with Crippen molar-refractivity contribution in [2.45, 2.75) is 51.5 Å². The molecule has 0 aromatic heterocycles. The van der Waals surface area contributed by atoms with E-state index in [1.807, 2.05) is 6.07 Å². The zero-order valence-corrected chi connectivity index (χ0v) is 18.4. The number of amides is 2. The third kappa shape index (κ3) is 4.99. The Morgan fingerprint density at radius 2 is 1.52 bits per heavy atom. The quantitative estimate of drug-likeness (QED) is 0.463. The van der Waals surface area contributed by atoms with Gasteiger partial charge >= 0.3 is 0 Å². The van der Waals surface area contributed by atoms with Crippen LogP contribution in [0.25, 0.3) is 0 Å². The number of hydrogen-bond acceptors (Lipinski definition) is 4. The molecule has 5 heteroatoms. The molecule has 0 saturated carbocycles. The van der Waals surface area contributed by atoms with Gasteiger partial charge in [-0.1, -0.05) is 43.5 Å². The Kier molecular flexibility index (Phi) is 7.03. The first-order valence-electron chi connectivity index (χ1n) is 11.6. The Morgan fingerprint density at radius 3 is 2.19 bits per heavy atom. The summed E-state index contributed by atoms with van der Waals surface area (Å²) in [6.07, 6.45) is 7.19. The van der Waals surface area contributed by atoms with Gasteiger partial charge in [0.15, 0.2) is 0 Å². The summed E-state index contributed by atoms with van der Waals surface area (Å²) in [5.41, 5.74) is 2.28. The van der Waals surface area contributed by atoms with Crippen molar-refractivity contribution in [2.75, 3.05) is 26.2 Å². The molecule has 2 amide bonds. The van der Waals surface area contributed by atoms with E-state index in [4.69, 9.17) is 4.74 Å². The summed E-state index contributed by atoms with van der Waals surface area (Å²) in [5, 5.41) is 0. The van der Waals surface area contributed by atoms with Crippen molar-refractivity contribution in [2.24, 2.45) is 0 Å². The Balaban J connectivity index is 1.29. The predicted molar refractivity (Wildman–Crippen MR) is 121 cm³/mol. The minimum atomic E-state index is -0.204. The van der Waals surface area contributed by atoms with Gasteiger partial charge in [-0.3, -0.25) is 19.4 Å². The number of ether oxygens (including phenoxy) is 1. The van der Waals surface area contributed by atoms with Gasteiger partial charge in [-0.25, -0.2) is 0 Å². The Morgan fingerprint density at radius 1 is 0.871 bits per heavy atom. The first kappa shape index (κ1) is 21.6. The van der Waals surface area contributed by atoms with E-state index in [1.165, 1.54) is 42.6 Å². The average molecular weight is 421 g/mol. The largest absolute Gasteiger partial charge is 0.494 e. The van der Waals surface area contributed by atoms with Crippen LogP contribution in [-0.4, -0.2) is 47.9 Å². The van der Waals surface area contributed by atoms with Crippen molar-refractivity contribution in [3.8, 4) is 5.75 Å². The SMILES string of the molecule is CC(c1cccc(OCCCN2C(=O)c3ccccc3C2=O)c1)N1CCCCCCC1. The fourth-order valence-electron chi connectivity index (χ4n) is 4.59. The molecule has 1 saturated heterocycles. The summed E-state index contributed by atoms with van der Waals surface area (Å²) in [6, 6.07) is 15.7. The molecule has 1 fully saturated rings. The van der Waals surface area contributed by atoms with Crippen LogP contribution in [0.5, 0.6) is 5.75 Å². The van der Waals surface area contributed by atoms with E-state index in [1.54, 1.807) is 24.3 Å². The Hall–Kier alpha value is -2.66. The van der Waals surface area contributed by atoms with Gasteiger partial charge in [-0.15, -0.1) is 0 Å². The molecule has 1 unspecified atom stereocenters. The molecule has 2 aliphatic rings. The molecule has 2 heterocycles. The summed E-state index contributed by atoms with van der Waals surface area (Å²) >= 11 is 0. The van der Waals surface area contributed by atoms with Crippen LogP contribution >= 0.6 is 0 Å². The van der Waals surface area contributed by atoms with Gasteiger partial charge in [0.2, 0.25) is 0 Å². The highest BCUT2D eigenvalue weighted by atomic mass is 16.5. The number of likely N-dealkylation sites (tertiary alicyclic amines) is 1. The summed E-state index contributed by atoms with van der Waals surface area (Å²) < 4.78 is 5.97. The van der Waals surface area contributed by atoms with Gasteiger partial charge in [0.25, 0.3) is 11.8 Å². The predicted octanol–water partition coefficient (Wildman–Crippen LogP) is 5.08. The van der Waals surface area contributed by atoms with Crippen LogP contribution in [-0.2, 0) is 0 Å². The topological polar surface area (TPSA) is 49.9 Å². The maximum absolute atomic E-state index is 12.4. The molecule has 4 rings (SSSR count). The van der Waals surface area contributed by atoms with Gasteiger partial charge in [-0.05, 0) is 69.1 Å². The van der Waals surface area contributed by atoms with E-state index in [-0.39, 0.29) is 11.8 Å². The van der Waals surface area contributed by atoms with Crippen LogP contribution in [0.4, 0.5) is 0 Å². The van der Waals surface area contributed by atoms with Crippen molar-refractivity contribution in [1.29, 1.82) is 0 Å². The first-order valence-corrected chi connectivity index (χ1v) is 11.6. The van der Waals surface area contributed by atoms with Crippen LogP contribution in [0.2, 0.25) is 0 Å². The van der Waals surface area contributed by atoms with E-state index >= 15 is 0 Å². The molecular formula is C26H32N2O3. The molecule has 2 aliphatic heterocycles. The lowest BCUT2D eigenvalue weighted by molar-refractivity contribution is 0.0646. The van der Waals surface area contributed by atoms with Crippen LogP contribution < -0.4 is 4.74 Å². The molecule has 0 N–H and O–H groups in total. The highest BCUT2D eigenvalue weighted by Crippen LogP contribution is 2.27. The lowest BCUT2D eigenvalue weighted by Gasteiger charge is -2.31. The molecule has 5 nitrogen and oxygen atoms in total. The van der Waals surface area contributed by atoms with Crippen LogP contribution in [0.15, 0.2) is 48.5 Å². The van der Waals surface area contributed by atoms with E-state index in [0.717, 1.165) is 18.8 Å². The second kappa shape index (κ2) is 10.1. The first-order chi connectivity index (χ1) is 15.1. The van der Waals surface area contributed by atoms with Gasteiger partial charge < -0.3 is 4.74 Å². The second-order valence-electron chi connectivity index (χ2n) is 8.56. The number of carbonyl (C=O) groups is 2. The van der Waals surface area contributed by atoms with E-state index in [2.05, 4.69) is 30.0 Å². The molecular weight excluding hydrogens is 388 g/mol. The lowest BCUT2D eigenvalue weighted by Crippen LogP contribution is -2.31. The van der Waals surface area contributed by atoms with Crippen molar-refractivity contribution >= 4 is 11.8 Å². The van der Waals surface area contributed by atoms with Gasteiger partial charge in [0.05, 0.1) is 17.7 Å². The molecule has 164 valence electrons. The van der Waals surface area contributed by atoms with E-state index < -0.39 is 0 Å². The highest BCUT2D eigenvalue weighted by Gasteiger charge is 2.34. The maximum atomic E-state index is 12.4. The minimum absolute atomic E-state index is 0.204.